The monoisotopic (exact) mass is 283 g/mol. The number of nitrogens with zero attached hydrogens (tertiary/aromatic N) is 2. The highest BCUT2D eigenvalue weighted by Gasteiger charge is 2.21. The zero-order valence-electron chi connectivity index (χ0n) is 11.1. The zero-order chi connectivity index (χ0) is 14.5. The van der Waals surface area contributed by atoms with Crippen molar-refractivity contribution in [3.05, 3.63) is 72.3 Å². The highest BCUT2D eigenvalue weighted by molar-refractivity contribution is 5.79. The van der Waals surface area contributed by atoms with Crippen LogP contribution in [-0.2, 0) is 11.2 Å². The van der Waals surface area contributed by atoms with Crippen LogP contribution >= 0.6 is 0 Å². The predicted molar refractivity (Wildman–Crippen MR) is 73.1 cm³/mol. The first kappa shape index (κ1) is 13.1. The first-order valence-corrected chi connectivity index (χ1v) is 6.45. The Morgan fingerprint density at radius 2 is 2.05 bits per heavy atom. The Balaban J connectivity index is 1.75. The minimum atomic E-state index is -0.465. The minimum absolute atomic E-state index is 0.134. The molecule has 6 heteroatoms. The van der Waals surface area contributed by atoms with Gasteiger partial charge in [0, 0.05) is 18.5 Å². The van der Waals surface area contributed by atoms with E-state index in [0.717, 1.165) is 5.56 Å². The minimum Gasteiger partial charge on any atom is -0.467 e. The van der Waals surface area contributed by atoms with E-state index in [1.54, 1.807) is 49.0 Å². The third kappa shape index (κ3) is 3.17. The van der Waals surface area contributed by atoms with Crippen molar-refractivity contribution < 1.29 is 13.7 Å². The van der Waals surface area contributed by atoms with Crippen molar-refractivity contribution in [1.29, 1.82) is 0 Å². The second-order valence-electron chi connectivity index (χ2n) is 4.47. The van der Waals surface area contributed by atoms with Gasteiger partial charge in [-0.1, -0.05) is 5.16 Å². The number of furan rings is 1. The normalized spacial score (nSPS) is 12.0. The van der Waals surface area contributed by atoms with Crippen molar-refractivity contribution >= 4 is 5.91 Å². The summed E-state index contributed by atoms with van der Waals surface area (Å²) in [5.41, 5.74) is 1.48. The molecule has 6 nitrogen and oxygen atoms in total. The van der Waals surface area contributed by atoms with E-state index in [1.807, 2.05) is 0 Å². The molecule has 0 bridgehead atoms. The number of hydrogen-bond acceptors (Lipinski definition) is 5. The summed E-state index contributed by atoms with van der Waals surface area (Å²) in [4.78, 5) is 16.1. The van der Waals surface area contributed by atoms with Gasteiger partial charge in [0.25, 0.3) is 0 Å². The second-order valence-corrected chi connectivity index (χ2v) is 4.47. The zero-order valence-corrected chi connectivity index (χ0v) is 11.1. The standard InChI is InChI=1S/C15H13N3O3/c19-14(10-11-3-6-16-7-4-11)17-15(12-5-9-21-18-12)13-2-1-8-20-13/h1-9,15H,10H2,(H,17,19). The van der Waals surface area contributed by atoms with Crippen LogP contribution in [0.3, 0.4) is 0 Å². The van der Waals surface area contributed by atoms with Crippen LogP contribution in [0, 0.1) is 0 Å². The molecule has 0 aromatic carbocycles. The maximum atomic E-state index is 12.2. The van der Waals surface area contributed by atoms with Gasteiger partial charge in [-0.15, -0.1) is 0 Å². The summed E-state index contributed by atoms with van der Waals surface area (Å²) in [5, 5.41) is 6.77. The Morgan fingerprint density at radius 3 is 2.71 bits per heavy atom. The lowest BCUT2D eigenvalue weighted by Crippen LogP contribution is -2.30. The molecule has 0 aliphatic heterocycles. The molecule has 3 rings (SSSR count). The fourth-order valence-corrected chi connectivity index (χ4v) is 2.02. The molecule has 1 atom stereocenters. The molecule has 1 amide bonds. The number of rotatable bonds is 5. The summed E-state index contributed by atoms with van der Waals surface area (Å²) < 4.78 is 10.2. The van der Waals surface area contributed by atoms with Gasteiger partial charge in [-0.25, -0.2) is 0 Å². The van der Waals surface area contributed by atoms with E-state index >= 15 is 0 Å². The molecule has 0 spiro atoms. The average Bonchev–Trinajstić information content (AvgIpc) is 3.19. The summed E-state index contributed by atoms with van der Waals surface area (Å²) >= 11 is 0. The van der Waals surface area contributed by atoms with E-state index in [9.17, 15) is 4.79 Å². The third-order valence-electron chi connectivity index (χ3n) is 3.00. The van der Waals surface area contributed by atoms with E-state index in [4.69, 9.17) is 8.94 Å². The molecular weight excluding hydrogens is 270 g/mol. The van der Waals surface area contributed by atoms with Crippen LogP contribution < -0.4 is 5.32 Å². The van der Waals surface area contributed by atoms with Crippen molar-refractivity contribution in [1.82, 2.24) is 15.5 Å². The Hall–Kier alpha value is -2.89. The fourth-order valence-electron chi connectivity index (χ4n) is 2.02. The molecule has 0 saturated heterocycles. The van der Waals surface area contributed by atoms with Crippen LogP contribution in [0.2, 0.25) is 0 Å². The summed E-state index contributed by atoms with van der Waals surface area (Å²) in [7, 11) is 0. The summed E-state index contributed by atoms with van der Waals surface area (Å²) in [5.74, 6) is 0.470. The van der Waals surface area contributed by atoms with Gasteiger partial charge in [0.15, 0.2) is 0 Å². The number of hydrogen-bond donors (Lipinski definition) is 1. The van der Waals surface area contributed by atoms with Crippen LogP contribution in [0.1, 0.15) is 23.1 Å². The smallest absolute Gasteiger partial charge is 0.225 e. The largest absolute Gasteiger partial charge is 0.467 e. The molecule has 1 unspecified atom stereocenters. The highest BCUT2D eigenvalue weighted by atomic mass is 16.5. The predicted octanol–water partition coefficient (Wildman–Crippen LogP) is 2.11. The number of nitrogens with one attached hydrogen (secondary N) is 1. The number of carbonyl (C=O) groups is 1. The Kier molecular flexibility index (Phi) is 3.77. The van der Waals surface area contributed by atoms with Crippen LogP contribution in [0.4, 0.5) is 0 Å². The van der Waals surface area contributed by atoms with Crippen LogP contribution in [0.25, 0.3) is 0 Å². The molecule has 3 aromatic rings. The number of aromatic nitrogens is 2. The molecular formula is C15H13N3O3. The van der Waals surface area contributed by atoms with Gasteiger partial charge < -0.3 is 14.3 Å². The van der Waals surface area contributed by atoms with Gasteiger partial charge in [-0.2, -0.15) is 0 Å². The molecule has 0 aliphatic rings. The van der Waals surface area contributed by atoms with Crippen LogP contribution in [0.5, 0.6) is 0 Å². The molecule has 1 N–H and O–H groups in total. The van der Waals surface area contributed by atoms with Crippen molar-refractivity contribution in [2.75, 3.05) is 0 Å². The molecule has 106 valence electrons. The number of pyridine rings is 1. The summed E-state index contributed by atoms with van der Waals surface area (Å²) in [6.45, 7) is 0. The van der Waals surface area contributed by atoms with Crippen LogP contribution in [0.15, 0.2) is 64.2 Å². The maximum Gasteiger partial charge on any atom is 0.225 e. The van der Waals surface area contributed by atoms with E-state index in [-0.39, 0.29) is 12.3 Å². The average molecular weight is 283 g/mol. The van der Waals surface area contributed by atoms with E-state index in [2.05, 4.69) is 15.5 Å². The van der Waals surface area contributed by atoms with Gasteiger partial charge in [-0.3, -0.25) is 9.78 Å². The lowest BCUT2D eigenvalue weighted by Gasteiger charge is -2.14. The van der Waals surface area contributed by atoms with E-state index in [1.165, 1.54) is 6.26 Å². The van der Waals surface area contributed by atoms with Crippen molar-refractivity contribution in [2.45, 2.75) is 12.5 Å². The Labute approximate surface area is 120 Å². The summed E-state index contributed by atoms with van der Waals surface area (Å²) in [6.07, 6.45) is 6.59. The highest BCUT2D eigenvalue weighted by Crippen LogP contribution is 2.21. The molecule has 0 fully saturated rings. The van der Waals surface area contributed by atoms with Crippen molar-refractivity contribution in [3.63, 3.8) is 0 Å². The number of amides is 1. The Morgan fingerprint density at radius 1 is 1.19 bits per heavy atom. The summed E-state index contributed by atoms with van der Waals surface area (Å²) in [6, 6.07) is 8.38. The first-order chi connectivity index (χ1) is 10.3. The topological polar surface area (TPSA) is 81.2 Å². The SMILES string of the molecule is O=C(Cc1ccncc1)NC(c1ccon1)c1ccco1. The van der Waals surface area contributed by atoms with E-state index in [0.29, 0.717) is 11.5 Å². The molecule has 3 heterocycles. The van der Waals surface area contributed by atoms with Gasteiger partial charge in [-0.05, 0) is 29.8 Å². The van der Waals surface area contributed by atoms with Gasteiger partial charge >= 0.3 is 0 Å². The van der Waals surface area contributed by atoms with Crippen LogP contribution in [-0.4, -0.2) is 16.0 Å². The second kappa shape index (κ2) is 6.04. The van der Waals surface area contributed by atoms with Gasteiger partial charge in [0.05, 0.1) is 12.7 Å². The first-order valence-electron chi connectivity index (χ1n) is 6.45. The fraction of sp³-hybridized carbons (Fsp3) is 0.133. The molecule has 0 saturated carbocycles. The van der Waals surface area contributed by atoms with E-state index < -0.39 is 6.04 Å². The molecule has 0 radical (unpaired) electrons. The van der Waals surface area contributed by atoms with Crippen molar-refractivity contribution in [3.8, 4) is 0 Å². The maximum absolute atomic E-state index is 12.2. The lowest BCUT2D eigenvalue weighted by atomic mass is 10.1. The van der Waals surface area contributed by atoms with Gasteiger partial charge in [0.1, 0.15) is 23.8 Å². The van der Waals surface area contributed by atoms with Crippen molar-refractivity contribution in [2.24, 2.45) is 0 Å². The third-order valence-corrected chi connectivity index (χ3v) is 3.00. The molecule has 0 aliphatic carbocycles. The lowest BCUT2D eigenvalue weighted by molar-refractivity contribution is -0.121. The molecule has 21 heavy (non-hydrogen) atoms. The Bertz CT molecular complexity index is 644. The van der Waals surface area contributed by atoms with Gasteiger partial charge in [0.2, 0.25) is 5.91 Å². The molecule has 3 aromatic heterocycles. The number of carbonyl (C=O) groups excluding carboxylic acids is 1. The quantitative estimate of drug-likeness (QED) is 0.775.